The lowest BCUT2D eigenvalue weighted by Crippen LogP contribution is -2.35. The molecule has 0 radical (unpaired) electrons. The van der Waals surface area contributed by atoms with Crippen molar-refractivity contribution in [1.82, 2.24) is 5.32 Å². The van der Waals surface area contributed by atoms with Crippen molar-refractivity contribution >= 4 is 40.4 Å². The molecule has 19 heavy (non-hydrogen) atoms. The quantitative estimate of drug-likeness (QED) is 0.380. The van der Waals surface area contributed by atoms with Crippen molar-refractivity contribution in [2.45, 2.75) is 12.8 Å². The average molecular weight is 292 g/mol. The fraction of sp³-hybridized carbons (Fsp3) is 0.231. The number of thiocarbonyl (C=S) groups is 1. The predicted molar refractivity (Wildman–Crippen MR) is 78.7 cm³/mol. The fourth-order valence-electron chi connectivity index (χ4n) is 2.08. The van der Waals surface area contributed by atoms with Crippen molar-refractivity contribution < 1.29 is 9.53 Å². The first-order valence-corrected chi connectivity index (χ1v) is 6.87. The van der Waals surface area contributed by atoms with Gasteiger partial charge < -0.3 is 10.1 Å². The Morgan fingerprint density at radius 2 is 2.37 bits per heavy atom. The molecule has 0 bridgehead atoms. The van der Waals surface area contributed by atoms with Gasteiger partial charge in [0, 0.05) is 5.70 Å². The predicted octanol–water partition coefficient (Wildman–Crippen LogP) is 2.38. The standard InChI is InChI=1S/C13H12N2O2S2/c1-7-10(13(16)17-2)11(8-3-4-19-6-8)9(5-14)12(18)15-7/h3-4,6,11,14H,1-2H3,(H,15,18). The normalized spacial score (nSPS) is 18.9. The summed E-state index contributed by atoms with van der Waals surface area (Å²) in [5.41, 5.74) is 2.54. The Balaban J connectivity index is 2.65. The molecule has 0 aromatic carbocycles. The van der Waals surface area contributed by atoms with Crippen LogP contribution in [0, 0.1) is 5.41 Å². The molecule has 2 heterocycles. The van der Waals surface area contributed by atoms with Crippen molar-refractivity contribution in [3.05, 3.63) is 39.2 Å². The molecular formula is C13H12N2O2S2. The Hall–Kier alpha value is -1.75. The molecule has 1 aliphatic heterocycles. The van der Waals surface area contributed by atoms with Crippen molar-refractivity contribution in [2.24, 2.45) is 0 Å². The van der Waals surface area contributed by atoms with E-state index in [1.165, 1.54) is 18.4 Å². The smallest absolute Gasteiger partial charge is 0.336 e. The van der Waals surface area contributed by atoms with Gasteiger partial charge in [0.2, 0.25) is 0 Å². The molecule has 1 aromatic rings. The minimum atomic E-state index is -0.420. The molecule has 4 nitrogen and oxygen atoms in total. The van der Waals surface area contributed by atoms with Crippen LogP contribution in [0.5, 0.6) is 0 Å². The molecule has 0 spiro atoms. The van der Waals surface area contributed by atoms with Gasteiger partial charge in [-0.25, -0.2) is 4.79 Å². The van der Waals surface area contributed by atoms with Crippen LogP contribution >= 0.6 is 23.6 Å². The Morgan fingerprint density at radius 1 is 1.63 bits per heavy atom. The monoisotopic (exact) mass is 292 g/mol. The van der Waals surface area contributed by atoms with Gasteiger partial charge in [-0.1, -0.05) is 12.2 Å². The van der Waals surface area contributed by atoms with Gasteiger partial charge in [0.1, 0.15) is 4.99 Å². The molecule has 0 aliphatic carbocycles. The summed E-state index contributed by atoms with van der Waals surface area (Å²) in [5, 5.41) is 14.2. The van der Waals surface area contributed by atoms with Crippen molar-refractivity contribution in [1.29, 1.82) is 5.41 Å². The molecule has 1 unspecified atom stereocenters. The van der Waals surface area contributed by atoms with Gasteiger partial charge in [-0.15, -0.1) is 0 Å². The summed E-state index contributed by atoms with van der Waals surface area (Å²) >= 11 is 6.75. The van der Waals surface area contributed by atoms with E-state index >= 15 is 0 Å². The zero-order valence-corrected chi connectivity index (χ0v) is 12.1. The summed E-state index contributed by atoms with van der Waals surface area (Å²) in [6.45, 7) is 1.78. The zero-order valence-electron chi connectivity index (χ0n) is 10.4. The van der Waals surface area contributed by atoms with E-state index in [2.05, 4.69) is 11.2 Å². The number of rotatable bonds is 2. The third kappa shape index (κ3) is 2.38. The highest BCUT2D eigenvalue weighted by molar-refractivity contribution is 7.80. The average Bonchev–Trinajstić information content (AvgIpc) is 2.90. The van der Waals surface area contributed by atoms with Gasteiger partial charge in [-0.05, 0) is 35.2 Å². The second-order valence-electron chi connectivity index (χ2n) is 4.01. The Morgan fingerprint density at radius 3 is 2.89 bits per heavy atom. The molecule has 1 aliphatic rings. The Labute approximate surface area is 120 Å². The van der Waals surface area contributed by atoms with Gasteiger partial charge in [0.05, 0.1) is 24.2 Å². The molecule has 0 saturated carbocycles. The minimum absolute atomic E-state index is 0.384. The molecular weight excluding hydrogens is 280 g/mol. The lowest BCUT2D eigenvalue weighted by atomic mass is 9.83. The first kappa shape index (κ1) is 13.7. The van der Waals surface area contributed by atoms with Crippen LogP contribution in [0.3, 0.4) is 0 Å². The van der Waals surface area contributed by atoms with Gasteiger partial charge >= 0.3 is 5.97 Å². The first-order chi connectivity index (χ1) is 9.10. The number of hydrogen-bond donors (Lipinski definition) is 2. The highest BCUT2D eigenvalue weighted by Gasteiger charge is 2.35. The van der Waals surface area contributed by atoms with E-state index < -0.39 is 5.97 Å². The summed E-state index contributed by atoms with van der Waals surface area (Å²) in [6.07, 6.45) is 0. The highest BCUT2D eigenvalue weighted by atomic mass is 32.1. The van der Waals surface area contributed by atoms with Crippen LogP contribution in [0.2, 0.25) is 0 Å². The SMILES string of the molecule is COC(=O)C1=C(C)NC(=S)C(=C=N)C1c1ccsc1. The van der Waals surface area contributed by atoms with Crippen LogP contribution in [0.25, 0.3) is 0 Å². The topological polar surface area (TPSA) is 62.2 Å². The molecule has 2 rings (SSSR count). The number of hydrogen-bond acceptors (Lipinski definition) is 5. The molecule has 1 aromatic heterocycles. The number of carbonyl (C=O) groups excluding carboxylic acids is 1. The highest BCUT2D eigenvalue weighted by Crippen LogP contribution is 2.37. The molecule has 98 valence electrons. The lowest BCUT2D eigenvalue weighted by molar-refractivity contribution is -0.136. The summed E-state index contributed by atoms with van der Waals surface area (Å²) in [7, 11) is 1.34. The van der Waals surface area contributed by atoms with Crippen molar-refractivity contribution in [3.8, 4) is 0 Å². The molecule has 0 fully saturated rings. The van der Waals surface area contributed by atoms with Crippen LogP contribution in [0.1, 0.15) is 18.4 Å². The summed E-state index contributed by atoms with van der Waals surface area (Å²) in [6, 6.07) is 1.91. The number of nitrogens with one attached hydrogen (secondary N) is 2. The second kappa shape index (κ2) is 5.48. The maximum atomic E-state index is 12.0. The second-order valence-corrected chi connectivity index (χ2v) is 5.20. The minimum Gasteiger partial charge on any atom is -0.466 e. The van der Waals surface area contributed by atoms with E-state index in [0.29, 0.717) is 21.8 Å². The number of methoxy groups -OCH3 is 1. The van der Waals surface area contributed by atoms with Crippen LogP contribution in [-0.2, 0) is 9.53 Å². The summed E-state index contributed by atoms with van der Waals surface area (Å²) < 4.78 is 4.84. The zero-order chi connectivity index (χ0) is 14.0. The number of ether oxygens (including phenoxy) is 1. The van der Waals surface area contributed by atoms with Gasteiger partial charge in [0.25, 0.3) is 0 Å². The van der Waals surface area contributed by atoms with Crippen LogP contribution in [-0.4, -0.2) is 23.9 Å². The Bertz CT molecular complexity index is 611. The molecule has 0 amide bonds. The lowest BCUT2D eigenvalue weighted by Gasteiger charge is -2.28. The van der Waals surface area contributed by atoms with Gasteiger partial charge in [-0.3, -0.25) is 5.41 Å². The van der Waals surface area contributed by atoms with Crippen molar-refractivity contribution in [2.75, 3.05) is 7.11 Å². The van der Waals surface area contributed by atoms with Crippen molar-refractivity contribution in [3.63, 3.8) is 0 Å². The third-order valence-electron chi connectivity index (χ3n) is 2.94. The molecule has 2 N–H and O–H groups in total. The van der Waals surface area contributed by atoms with E-state index in [9.17, 15) is 4.79 Å². The van der Waals surface area contributed by atoms with Crippen LogP contribution in [0.15, 0.2) is 33.7 Å². The summed E-state index contributed by atoms with van der Waals surface area (Å²) in [5.74, 6) is 1.54. The van der Waals surface area contributed by atoms with E-state index in [1.54, 1.807) is 6.92 Å². The maximum absolute atomic E-state index is 12.0. The molecule has 1 atom stereocenters. The van der Waals surface area contributed by atoms with Gasteiger partial charge in [-0.2, -0.15) is 11.3 Å². The summed E-state index contributed by atoms with van der Waals surface area (Å²) in [4.78, 5) is 12.4. The van der Waals surface area contributed by atoms with E-state index in [-0.39, 0.29) is 5.92 Å². The first-order valence-electron chi connectivity index (χ1n) is 5.52. The number of esters is 1. The maximum Gasteiger partial charge on any atom is 0.336 e. The number of carbonyl (C=O) groups is 1. The largest absolute Gasteiger partial charge is 0.466 e. The van der Waals surface area contributed by atoms with E-state index in [4.69, 9.17) is 22.4 Å². The molecule has 0 saturated heterocycles. The number of thiophene rings is 1. The fourth-order valence-corrected chi connectivity index (χ4v) is 3.09. The molecule has 6 heteroatoms. The van der Waals surface area contributed by atoms with Gasteiger partial charge in [0.15, 0.2) is 0 Å². The number of allylic oxidation sites excluding steroid dienone is 1. The van der Waals surface area contributed by atoms with E-state index in [1.807, 2.05) is 16.8 Å². The van der Waals surface area contributed by atoms with Crippen LogP contribution in [0.4, 0.5) is 0 Å². The van der Waals surface area contributed by atoms with Crippen LogP contribution < -0.4 is 5.32 Å². The third-order valence-corrected chi connectivity index (χ3v) is 3.97. The Kier molecular flexibility index (Phi) is 3.95. The van der Waals surface area contributed by atoms with E-state index in [0.717, 1.165) is 5.56 Å².